The largest absolute Gasteiger partial charge is 0.343 e. The molecule has 116 valence electrons. The Hall–Kier alpha value is -0.880. The molecule has 4 nitrogen and oxygen atoms in total. The summed E-state index contributed by atoms with van der Waals surface area (Å²) in [5.74, 6) is 0.377. The molecule has 0 radical (unpaired) electrons. The molecule has 21 heavy (non-hydrogen) atoms. The van der Waals surface area contributed by atoms with Gasteiger partial charge in [0.05, 0.1) is 3.79 Å². The molecule has 1 aliphatic heterocycles. The van der Waals surface area contributed by atoms with Crippen molar-refractivity contribution in [1.82, 2.24) is 10.2 Å². The maximum Gasteiger partial charge on any atom is 0.245 e. The van der Waals surface area contributed by atoms with E-state index in [1.165, 1.54) is 4.88 Å². The van der Waals surface area contributed by atoms with Gasteiger partial charge in [-0.3, -0.25) is 9.59 Å². The maximum atomic E-state index is 12.5. The van der Waals surface area contributed by atoms with E-state index in [0.717, 1.165) is 10.2 Å². The van der Waals surface area contributed by atoms with Crippen molar-refractivity contribution in [3.8, 4) is 0 Å². The van der Waals surface area contributed by atoms with Crippen LogP contribution in [0.1, 0.15) is 32.1 Å². The summed E-state index contributed by atoms with van der Waals surface area (Å²) in [5.41, 5.74) is 0. The van der Waals surface area contributed by atoms with Crippen molar-refractivity contribution in [1.29, 1.82) is 0 Å². The maximum absolute atomic E-state index is 12.5. The highest BCUT2D eigenvalue weighted by Crippen LogP contribution is 2.23. The number of halogens is 1. The number of thiophene rings is 1. The van der Waals surface area contributed by atoms with Gasteiger partial charge in [0.1, 0.15) is 12.1 Å². The van der Waals surface area contributed by atoms with E-state index in [0.29, 0.717) is 18.9 Å². The highest BCUT2D eigenvalue weighted by molar-refractivity contribution is 9.11. The standard InChI is InChI=1S/C15H21BrN2O2S/c1-9(2)8-12-15(20)18(10(3)14(19)17-12)7-6-11-4-5-13(16)21-11/h4-5,9-10,12H,6-8H2,1-3H3,(H,17,19). The third kappa shape index (κ3) is 4.07. The molecule has 2 unspecified atom stereocenters. The molecule has 2 heterocycles. The first-order valence-corrected chi connectivity index (χ1v) is 8.84. The summed E-state index contributed by atoms with van der Waals surface area (Å²) in [6.45, 7) is 6.51. The van der Waals surface area contributed by atoms with Crippen LogP contribution in [0, 0.1) is 5.92 Å². The second kappa shape index (κ2) is 6.92. The number of amides is 2. The lowest BCUT2D eigenvalue weighted by Crippen LogP contribution is -2.62. The first kappa shape index (κ1) is 16.5. The van der Waals surface area contributed by atoms with Crippen molar-refractivity contribution in [2.45, 2.75) is 45.7 Å². The minimum absolute atomic E-state index is 0.0476. The van der Waals surface area contributed by atoms with Crippen molar-refractivity contribution >= 4 is 39.1 Å². The Morgan fingerprint density at radius 1 is 1.38 bits per heavy atom. The Balaban J connectivity index is 2.04. The number of carbonyl (C=O) groups excluding carboxylic acids is 2. The Morgan fingerprint density at radius 3 is 2.67 bits per heavy atom. The molecule has 0 aromatic carbocycles. The SMILES string of the molecule is CC(C)CC1NC(=O)C(C)N(CCc2ccc(Br)s2)C1=O. The van der Waals surface area contributed by atoms with Gasteiger partial charge in [-0.2, -0.15) is 0 Å². The summed E-state index contributed by atoms with van der Waals surface area (Å²) in [6.07, 6.45) is 1.48. The van der Waals surface area contributed by atoms with E-state index in [4.69, 9.17) is 0 Å². The van der Waals surface area contributed by atoms with Gasteiger partial charge in [0.25, 0.3) is 0 Å². The van der Waals surface area contributed by atoms with Crippen molar-refractivity contribution < 1.29 is 9.59 Å². The summed E-state index contributed by atoms with van der Waals surface area (Å²) < 4.78 is 1.09. The molecule has 2 atom stereocenters. The van der Waals surface area contributed by atoms with Crippen LogP contribution in [0.25, 0.3) is 0 Å². The first-order valence-electron chi connectivity index (χ1n) is 7.23. The Bertz CT molecular complexity index is 529. The fourth-order valence-electron chi connectivity index (χ4n) is 2.54. The van der Waals surface area contributed by atoms with Gasteiger partial charge < -0.3 is 10.2 Å². The van der Waals surface area contributed by atoms with Crippen LogP contribution in [-0.4, -0.2) is 35.3 Å². The molecule has 1 fully saturated rings. The fraction of sp³-hybridized carbons (Fsp3) is 0.600. The van der Waals surface area contributed by atoms with Gasteiger partial charge in [-0.25, -0.2) is 0 Å². The topological polar surface area (TPSA) is 49.4 Å². The molecule has 2 amide bonds. The highest BCUT2D eigenvalue weighted by Gasteiger charge is 2.37. The summed E-state index contributed by atoms with van der Waals surface area (Å²) >= 11 is 5.11. The molecule has 1 aliphatic rings. The molecule has 6 heteroatoms. The number of hydrogen-bond donors (Lipinski definition) is 1. The van der Waals surface area contributed by atoms with Gasteiger partial charge in [-0.05, 0) is 53.7 Å². The van der Waals surface area contributed by atoms with Crippen LogP contribution < -0.4 is 5.32 Å². The fourth-order valence-corrected chi connectivity index (χ4v) is 4.01. The molecular formula is C15H21BrN2O2S. The van der Waals surface area contributed by atoms with Crippen LogP contribution in [0.15, 0.2) is 15.9 Å². The highest BCUT2D eigenvalue weighted by atomic mass is 79.9. The third-order valence-corrected chi connectivity index (χ3v) is 5.36. The van der Waals surface area contributed by atoms with E-state index in [1.807, 2.05) is 6.07 Å². The summed E-state index contributed by atoms with van der Waals surface area (Å²) in [6, 6.07) is 3.31. The van der Waals surface area contributed by atoms with Gasteiger partial charge in [-0.1, -0.05) is 13.8 Å². The molecule has 0 spiro atoms. The lowest BCUT2D eigenvalue weighted by Gasteiger charge is -2.38. The first-order chi connectivity index (χ1) is 9.88. The van der Waals surface area contributed by atoms with Crippen molar-refractivity contribution in [2.75, 3.05) is 6.54 Å². The van der Waals surface area contributed by atoms with Crippen LogP contribution in [-0.2, 0) is 16.0 Å². The Labute approximate surface area is 138 Å². The Kier molecular flexibility index (Phi) is 5.43. The van der Waals surface area contributed by atoms with E-state index in [1.54, 1.807) is 23.2 Å². The second-order valence-electron chi connectivity index (χ2n) is 5.85. The number of nitrogens with one attached hydrogen (secondary N) is 1. The Morgan fingerprint density at radius 2 is 2.10 bits per heavy atom. The zero-order valence-corrected chi connectivity index (χ0v) is 15.0. The number of rotatable bonds is 5. The van der Waals surface area contributed by atoms with Gasteiger partial charge >= 0.3 is 0 Å². The van der Waals surface area contributed by atoms with Crippen molar-refractivity contribution in [3.05, 3.63) is 20.8 Å². The van der Waals surface area contributed by atoms with E-state index in [2.05, 4.69) is 41.2 Å². The van der Waals surface area contributed by atoms with Gasteiger partial charge in [-0.15, -0.1) is 11.3 Å². The van der Waals surface area contributed by atoms with Crippen molar-refractivity contribution in [2.24, 2.45) is 5.92 Å². The molecular weight excluding hydrogens is 352 g/mol. The number of nitrogens with zero attached hydrogens (tertiary/aromatic N) is 1. The van der Waals surface area contributed by atoms with Crippen LogP contribution in [0.2, 0.25) is 0 Å². The monoisotopic (exact) mass is 372 g/mol. The van der Waals surface area contributed by atoms with Gasteiger partial charge in [0.2, 0.25) is 11.8 Å². The molecule has 1 N–H and O–H groups in total. The summed E-state index contributed by atoms with van der Waals surface area (Å²) in [5, 5.41) is 2.84. The average molecular weight is 373 g/mol. The number of piperazine rings is 1. The lowest BCUT2D eigenvalue weighted by atomic mass is 9.99. The normalized spacial score (nSPS) is 22.8. The summed E-state index contributed by atoms with van der Waals surface area (Å²) in [4.78, 5) is 27.5. The minimum atomic E-state index is -0.385. The van der Waals surface area contributed by atoms with E-state index in [-0.39, 0.29) is 23.9 Å². The molecule has 1 aromatic rings. The summed E-state index contributed by atoms with van der Waals surface area (Å²) in [7, 11) is 0. The zero-order valence-electron chi connectivity index (χ0n) is 12.6. The molecule has 2 rings (SSSR count). The molecule has 0 bridgehead atoms. The van der Waals surface area contributed by atoms with E-state index in [9.17, 15) is 9.59 Å². The molecule has 1 aromatic heterocycles. The quantitative estimate of drug-likeness (QED) is 0.863. The van der Waals surface area contributed by atoms with E-state index < -0.39 is 0 Å². The second-order valence-corrected chi connectivity index (χ2v) is 8.40. The molecule has 1 saturated heterocycles. The van der Waals surface area contributed by atoms with Crippen LogP contribution >= 0.6 is 27.3 Å². The van der Waals surface area contributed by atoms with Crippen LogP contribution in [0.4, 0.5) is 0 Å². The lowest BCUT2D eigenvalue weighted by molar-refractivity contribution is -0.149. The smallest absolute Gasteiger partial charge is 0.245 e. The van der Waals surface area contributed by atoms with Gasteiger partial charge in [0.15, 0.2) is 0 Å². The van der Waals surface area contributed by atoms with Crippen LogP contribution in [0.3, 0.4) is 0 Å². The molecule has 0 aliphatic carbocycles. The average Bonchev–Trinajstić information content (AvgIpc) is 2.81. The van der Waals surface area contributed by atoms with Crippen molar-refractivity contribution in [3.63, 3.8) is 0 Å². The third-order valence-electron chi connectivity index (χ3n) is 3.68. The zero-order chi connectivity index (χ0) is 15.6. The number of carbonyl (C=O) groups is 2. The predicted molar refractivity (Wildman–Crippen MR) is 88.3 cm³/mol. The van der Waals surface area contributed by atoms with Gasteiger partial charge in [0, 0.05) is 11.4 Å². The van der Waals surface area contributed by atoms with Crippen LogP contribution in [0.5, 0.6) is 0 Å². The molecule has 0 saturated carbocycles. The number of hydrogen-bond acceptors (Lipinski definition) is 3. The van der Waals surface area contributed by atoms with E-state index >= 15 is 0 Å². The minimum Gasteiger partial charge on any atom is -0.343 e. The predicted octanol–water partition coefficient (Wildman–Crippen LogP) is 2.81.